The molecule has 1 amide bonds. The Morgan fingerprint density at radius 2 is 1.58 bits per heavy atom. The van der Waals surface area contributed by atoms with Gasteiger partial charge in [0.05, 0.1) is 0 Å². The number of alkyl halides is 2. The Balaban J connectivity index is 2.50. The van der Waals surface area contributed by atoms with Crippen LogP contribution in [0.3, 0.4) is 0 Å². The van der Waals surface area contributed by atoms with Crippen LogP contribution in [0.1, 0.15) is 59.5 Å². The second-order valence-corrected chi connectivity index (χ2v) is 12.8. The molecule has 2 N–H and O–H groups in total. The van der Waals surface area contributed by atoms with Gasteiger partial charge in [-0.25, -0.2) is 0 Å². The van der Waals surface area contributed by atoms with E-state index in [4.69, 9.17) is 10.2 Å². The SMILES string of the molecule is CC[Si](CC)(CC)OC(c1ccc(C)cc1)C(F)(F)/C=C/c1ccc(C)cc1C(N)=O. The minimum absolute atomic E-state index is 0.222. The summed E-state index contributed by atoms with van der Waals surface area (Å²) < 4.78 is 37.5. The van der Waals surface area contributed by atoms with Gasteiger partial charge in [-0.3, -0.25) is 4.79 Å². The van der Waals surface area contributed by atoms with Crippen molar-refractivity contribution in [2.75, 3.05) is 0 Å². The molecule has 1 unspecified atom stereocenters. The van der Waals surface area contributed by atoms with Crippen LogP contribution in [0, 0.1) is 13.8 Å². The van der Waals surface area contributed by atoms with Crippen LogP contribution < -0.4 is 5.73 Å². The molecule has 1 atom stereocenters. The molecule has 0 heterocycles. The number of primary amides is 1. The number of aryl methyl sites for hydroxylation is 2. The Morgan fingerprint density at radius 1 is 1.03 bits per heavy atom. The molecule has 0 saturated carbocycles. The largest absolute Gasteiger partial charge is 0.404 e. The van der Waals surface area contributed by atoms with Crippen molar-refractivity contribution in [3.8, 4) is 0 Å². The van der Waals surface area contributed by atoms with Gasteiger partial charge in [-0.15, -0.1) is 0 Å². The minimum atomic E-state index is -3.27. The summed E-state index contributed by atoms with van der Waals surface area (Å²) in [6.45, 7) is 9.80. The van der Waals surface area contributed by atoms with Crippen LogP contribution in [0.4, 0.5) is 8.78 Å². The van der Waals surface area contributed by atoms with Crippen LogP contribution in [0.25, 0.3) is 6.08 Å². The molecule has 0 bridgehead atoms. The number of halogens is 2. The summed E-state index contributed by atoms with van der Waals surface area (Å²) in [6.07, 6.45) is 0.727. The van der Waals surface area contributed by atoms with Crippen LogP contribution >= 0.6 is 0 Å². The fourth-order valence-corrected chi connectivity index (χ4v) is 6.47. The third-order valence-corrected chi connectivity index (χ3v) is 10.6. The highest BCUT2D eigenvalue weighted by Gasteiger charge is 2.44. The van der Waals surface area contributed by atoms with Gasteiger partial charge in [-0.1, -0.05) is 74.4 Å². The van der Waals surface area contributed by atoms with Crippen molar-refractivity contribution in [2.45, 2.75) is 64.8 Å². The number of carbonyl (C=O) groups excluding carboxylic acids is 1. The molecule has 6 heteroatoms. The maximum absolute atomic E-state index is 15.6. The van der Waals surface area contributed by atoms with Crippen molar-refractivity contribution >= 4 is 20.3 Å². The molecule has 0 aliphatic carbocycles. The average molecular weight is 446 g/mol. The number of nitrogens with two attached hydrogens (primary N) is 1. The van der Waals surface area contributed by atoms with Crippen molar-refractivity contribution in [3.63, 3.8) is 0 Å². The molecule has 0 fully saturated rings. The lowest BCUT2D eigenvalue weighted by Crippen LogP contribution is -2.41. The first-order valence-corrected chi connectivity index (χ1v) is 13.3. The fraction of sp³-hybridized carbons (Fsp3) is 0.400. The van der Waals surface area contributed by atoms with Crippen molar-refractivity contribution in [1.29, 1.82) is 0 Å². The number of hydrogen-bond donors (Lipinski definition) is 1. The molecular weight excluding hydrogens is 412 g/mol. The van der Waals surface area contributed by atoms with Crippen LogP contribution in [0.5, 0.6) is 0 Å². The third-order valence-electron chi connectivity index (χ3n) is 5.99. The molecule has 3 nitrogen and oxygen atoms in total. The van der Waals surface area contributed by atoms with Gasteiger partial charge in [0.1, 0.15) is 6.10 Å². The van der Waals surface area contributed by atoms with E-state index >= 15 is 8.78 Å². The molecule has 31 heavy (non-hydrogen) atoms. The van der Waals surface area contributed by atoms with Crippen LogP contribution in [0.2, 0.25) is 18.1 Å². The molecule has 0 saturated heterocycles. The zero-order valence-electron chi connectivity index (χ0n) is 19.0. The van der Waals surface area contributed by atoms with Gasteiger partial charge in [0.25, 0.3) is 5.92 Å². The first-order valence-electron chi connectivity index (χ1n) is 10.8. The molecule has 0 aromatic heterocycles. The van der Waals surface area contributed by atoms with Crippen molar-refractivity contribution < 1.29 is 18.0 Å². The summed E-state index contributed by atoms with van der Waals surface area (Å²) in [6, 6.07) is 14.4. The third kappa shape index (κ3) is 6.11. The first-order chi connectivity index (χ1) is 14.6. The van der Waals surface area contributed by atoms with Gasteiger partial charge >= 0.3 is 0 Å². The Morgan fingerprint density at radius 3 is 2.10 bits per heavy atom. The van der Waals surface area contributed by atoms with Gasteiger partial charge in [0.2, 0.25) is 5.91 Å². The topological polar surface area (TPSA) is 52.3 Å². The van der Waals surface area contributed by atoms with Crippen LogP contribution in [-0.2, 0) is 4.43 Å². The van der Waals surface area contributed by atoms with Crippen molar-refractivity contribution in [2.24, 2.45) is 5.73 Å². The van der Waals surface area contributed by atoms with Gasteiger partial charge in [0, 0.05) is 5.56 Å². The summed E-state index contributed by atoms with van der Waals surface area (Å²) in [5, 5.41) is 0. The molecule has 0 aliphatic heterocycles. The standard InChI is InChI=1S/C25H33F2NO2Si/c1-6-31(7-2,8-3)30-23(21-13-9-18(4)10-14-21)25(26,27)16-15-20-12-11-19(5)17-22(20)24(28)29/h9-17,23H,6-8H2,1-5H3,(H2,28,29)/b16-15+. The summed E-state index contributed by atoms with van der Waals surface area (Å²) in [5.41, 5.74) is 8.32. The number of carbonyl (C=O) groups is 1. The maximum atomic E-state index is 15.6. The van der Waals surface area contributed by atoms with E-state index < -0.39 is 26.3 Å². The summed E-state index contributed by atoms with van der Waals surface area (Å²) in [4.78, 5) is 11.8. The number of benzene rings is 2. The average Bonchev–Trinajstić information content (AvgIpc) is 2.75. The number of rotatable bonds is 10. The van der Waals surface area contributed by atoms with Gasteiger partial charge in [0.15, 0.2) is 8.32 Å². The number of amides is 1. The molecule has 2 aromatic rings. The smallest absolute Gasteiger partial charge is 0.295 e. The predicted molar refractivity (Wildman–Crippen MR) is 126 cm³/mol. The first kappa shape index (κ1) is 25.0. The number of hydrogen-bond acceptors (Lipinski definition) is 2. The van der Waals surface area contributed by atoms with Gasteiger partial charge in [-0.2, -0.15) is 8.78 Å². The highest BCUT2D eigenvalue weighted by molar-refractivity contribution is 6.73. The van der Waals surface area contributed by atoms with Crippen LogP contribution in [-0.4, -0.2) is 20.1 Å². The predicted octanol–water partition coefficient (Wildman–Crippen LogP) is 6.81. The summed E-state index contributed by atoms with van der Waals surface area (Å²) in [7, 11) is -2.32. The lowest BCUT2D eigenvalue weighted by Gasteiger charge is -2.36. The second-order valence-electron chi connectivity index (χ2n) is 8.12. The highest BCUT2D eigenvalue weighted by atomic mass is 28.4. The van der Waals surface area contributed by atoms with E-state index in [2.05, 4.69) is 0 Å². The highest BCUT2D eigenvalue weighted by Crippen LogP contribution is 2.41. The molecule has 0 spiro atoms. The molecular formula is C25H33F2NO2Si. The fourth-order valence-electron chi connectivity index (χ4n) is 3.68. The Hall–Kier alpha value is -2.31. The zero-order chi connectivity index (χ0) is 23.2. The second kappa shape index (κ2) is 10.3. The lowest BCUT2D eigenvalue weighted by molar-refractivity contribution is -0.0627. The molecule has 0 radical (unpaired) electrons. The minimum Gasteiger partial charge on any atom is -0.404 e. The molecule has 2 aromatic carbocycles. The Kier molecular flexibility index (Phi) is 8.32. The van der Waals surface area contributed by atoms with E-state index in [1.54, 1.807) is 30.3 Å². The van der Waals surface area contributed by atoms with Crippen molar-refractivity contribution in [1.82, 2.24) is 0 Å². The van der Waals surface area contributed by atoms with E-state index in [0.29, 0.717) is 11.1 Å². The van der Waals surface area contributed by atoms with E-state index in [9.17, 15) is 4.79 Å². The summed E-state index contributed by atoms with van der Waals surface area (Å²) >= 11 is 0. The maximum Gasteiger partial charge on any atom is 0.295 e. The Bertz CT molecular complexity index is 913. The summed E-state index contributed by atoms with van der Waals surface area (Å²) in [5.74, 6) is -3.92. The van der Waals surface area contributed by atoms with E-state index in [1.165, 1.54) is 6.08 Å². The molecule has 2 rings (SSSR count). The molecule has 168 valence electrons. The lowest BCUT2D eigenvalue weighted by atomic mass is 9.99. The van der Waals surface area contributed by atoms with Gasteiger partial charge < -0.3 is 10.2 Å². The zero-order valence-corrected chi connectivity index (χ0v) is 20.0. The van der Waals surface area contributed by atoms with E-state index in [1.807, 2.05) is 46.8 Å². The monoisotopic (exact) mass is 445 g/mol. The van der Waals surface area contributed by atoms with Crippen LogP contribution in [0.15, 0.2) is 48.5 Å². The molecule has 0 aliphatic rings. The Labute approximate surface area is 185 Å². The van der Waals surface area contributed by atoms with Crippen molar-refractivity contribution in [3.05, 3.63) is 76.4 Å². The normalized spacial score (nSPS) is 13.5. The van der Waals surface area contributed by atoms with E-state index in [0.717, 1.165) is 35.3 Å². The quantitative estimate of drug-likeness (QED) is 0.408. The van der Waals surface area contributed by atoms with Gasteiger partial charge in [-0.05, 0) is 55.2 Å². The van der Waals surface area contributed by atoms with E-state index in [-0.39, 0.29) is 5.56 Å².